The molecule has 186 valence electrons. The zero-order valence-corrected chi connectivity index (χ0v) is 21.0. The van der Waals surface area contributed by atoms with Crippen molar-refractivity contribution in [1.82, 2.24) is 0 Å². The van der Waals surface area contributed by atoms with Crippen molar-refractivity contribution in [2.45, 2.75) is 91.0 Å². The van der Waals surface area contributed by atoms with Crippen molar-refractivity contribution in [2.75, 3.05) is 13.7 Å². The number of rotatable bonds is 9. The Hall–Kier alpha value is -2.15. The lowest BCUT2D eigenvalue weighted by Gasteiger charge is -2.30. The molecule has 6 unspecified atom stereocenters. The van der Waals surface area contributed by atoms with E-state index in [9.17, 15) is 14.4 Å². The number of carbonyl (C=O) groups excluding carboxylic acids is 3. The van der Waals surface area contributed by atoms with Crippen LogP contribution >= 0.6 is 0 Å². The van der Waals surface area contributed by atoms with Crippen LogP contribution in [-0.2, 0) is 33.3 Å². The van der Waals surface area contributed by atoms with Crippen LogP contribution in [0.15, 0.2) is 23.8 Å². The molecule has 0 saturated carbocycles. The summed E-state index contributed by atoms with van der Waals surface area (Å²) >= 11 is 0. The van der Waals surface area contributed by atoms with Crippen molar-refractivity contribution in [3.05, 3.63) is 23.8 Å². The Balaban J connectivity index is 2.37. The Labute approximate surface area is 197 Å². The van der Waals surface area contributed by atoms with Gasteiger partial charge in [0.1, 0.15) is 12.7 Å². The molecule has 0 spiro atoms. The lowest BCUT2D eigenvalue weighted by molar-refractivity contribution is -0.163. The van der Waals surface area contributed by atoms with Crippen LogP contribution in [0.1, 0.15) is 73.1 Å². The van der Waals surface area contributed by atoms with Crippen LogP contribution in [0.25, 0.3) is 0 Å². The fourth-order valence-corrected chi connectivity index (χ4v) is 4.05. The molecule has 7 nitrogen and oxygen atoms in total. The molecule has 0 N–H and O–H groups in total. The second-order valence-electron chi connectivity index (χ2n) is 9.49. The molecule has 1 fully saturated rings. The summed E-state index contributed by atoms with van der Waals surface area (Å²) in [5, 5.41) is 0. The van der Waals surface area contributed by atoms with Gasteiger partial charge in [0.25, 0.3) is 0 Å². The molecule has 0 aromatic heterocycles. The van der Waals surface area contributed by atoms with E-state index in [1.54, 1.807) is 0 Å². The van der Waals surface area contributed by atoms with Gasteiger partial charge >= 0.3 is 17.9 Å². The van der Waals surface area contributed by atoms with Gasteiger partial charge in [-0.2, -0.15) is 0 Å². The van der Waals surface area contributed by atoms with Crippen LogP contribution in [0, 0.1) is 17.8 Å². The minimum absolute atomic E-state index is 0.0134. The maximum Gasteiger partial charge on any atom is 0.333 e. The van der Waals surface area contributed by atoms with Crippen molar-refractivity contribution >= 4 is 17.9 Å². The topological polar surface area (TPSA) is 91.4 Å². The summed E-state index contributed by atoms with van der Waals surface area (Å²) in [6.45, 7) is 13.6. The summed E-state index contributed by atoms with van der Waals surface area (Å²) in [4.78, 5) is 37.4. The van der Waals surface area contributed by atoms with Crippen LogP contribution in [-0.4, -0.2) is 49.4 Å². The summed E-state index contributed by atoms with van der Waals surface area (Å²) in [5.74, 6) is -1.44. The summed E-state index contributed by atoms with van der Waals surface area (Å²) in [5.41, 5.74) is 0.600. The van der Waals surface area contributed by atoms with Gasteiger partial charge in [-0.15, -0.1) is 0 Å². The Kier molecular flexibility index (Phi) is 9.70. The van der Waals surface area contributed by atoms with E-state index in [-0.39, 0.29) is 48.4 Å². The number of esters is 3. The first-order valence-electron chi connectivity index (χ1n) is 12.1. The number of allylic oxidation sites excluding steroid dienone is 2. The van der Waals surface area contributed by atoms with E-state index in [0.29, 0.717) is 44.1 Å². The first-order valence-corrected chi connectivity index (χ1v) is 12.1. The Morgan fingerprint density at radius 1 is 1.18 bits per heavy atom. The SMILES string of the molecule is C=C(C)C1CC=C(C(=O)OC)CCC2OC2(COC(=O)C(C)CC)C(OC(=O)C(C)CC)C1. The summed E-state index contributed by atoms with van der Waals surface area (Å²) < 4.78 is 22.8. The third-order valence-electron chi connectivity index (χ3n) is 7.09. The van der Waals surface area contributed by atoms with Crippen molar-refractivity contribution in [3.8, 4) is 0 Å². The normalized spacial score (nSPS) is 28.9. The molecule has 6 atom stereocenters. The predicted octanol–water partition coefficient (Wildman–Crippen LogP) is 4.54. The van der Waals surface area contributed by atoms with Crippen molar-refractivity contribution in [2.24, 2.45) is 17.8 Å². The van der Waals surface area contributed by atoms with E-state index in [0.717, 1.165) is 5.57 Å². The van der Waals surface area contributed by atoms with Gasteiger partial charge in [0, 0.05) is 5.57 Å². The van der Waals surface area contributed by atoms with Gasteiger partial charge in [0.15, 0.2) is 5.60 Å². The zero-order chi connectivity index (χ0) is 24.8. The molecule has 1 heterocycles. The minimum atomic E-state index is -0.918. The molecule has 0 radical (unpaired) electrons. The quantitative estimate of drug-likeness (QED) is 0.214. The standard InChI is InChI=1S/C26H40O7/c1-8-17(5)23(27)31-15-26-21(33-26)13-12-19(25(29)30-7)10-11-20(16(3)4)14-22(26)32-24(28)18(6)9-2/h10,17-18,20-22H,3,8-9,11-15H2,1-2,4-7H3. The average molecular weight is 465 g/mol. The predicted molar refractivity (Wildman–Crippen MR) is 124 cm³/mol. The summed E-state index contributed by atoms with van der Waals surface area (Å²) in [7, 11) is 1.37. The van der Waals surface area contributed by atoms with Crippen molar-refractivity contribution in [1.29, 1.82) is 0 Å². The molecule has 1 aliphatic heterocycles. The highest BCUT2D eigenvalue weighted by atomic mass is 16.7. The molecule has 0 bridgehead atoms. The summed E-state index contributed by atoms with van der Waals surface area (Å²) in [6.07, 6.45) is 4.41. The molecule has 0 aromatic carbocycles. The molecule has 33 heavy (non-hydrogen) atoms. The Bertz CT molecular complexity index is 771. The highest BCUT2D eigenvalue weighted by molar-refractivity contribution is 5.88. The number of fused-ring (bicyclic) bond motifs is 1. The van der Waals surface area contributed by atoms with E-state index >= 15 is 0 Å². The third-order valence-corrected chi connectivity index (χ3v) is 7.09. The first kappa shape index (κ1) is 27.1. The van der Waals surface area contributed by atoms with Crippen molar-refractivity contribution < 1.29 is 33.3 Å². The molecule has 0 aromatic rings. The maximum atomic E-state index is 12.8. The van der Waals surface area contributed by atoms with Gasteiger partial charge in [-0.1, -0.05) is 45.9 Å². The number of ether oxygens (including phenoxy) is 4. The first-order chi connectivity index (χ1) is 15.6. The van der Waals surface area contributed by atoms with E-state index in [2.05, 4.69) is 6.58 Å². The molecule has 2 aliphatic rings. The van der Waals surface area contributed by atoms with E-state index in [1.165, 1.54) is 7.11 Å². The van der Waals surface area contributed by atoms with Gasteiger partial charge in [0.2, 0.25) is 0 Å². The van der Waals surface area contributed by atoms with Crippen LogP contribution in [0.4, 0.5) is 0 Å². The van der Waals surface area contributed by atoms with Crippen LogP contribution in [0.5, 0.6) is 0 Å². The summed E-state index contributed by atoms with van der Waals surface area (Å²) in [6, 6.07) is 0. The number of methoxy groups -OCH3 is 1. The number of epoxide rings is 1. The lowest BCUT2D eigenvalue weighted by atomic mass is 9.82. The second kappa shape index (κ2) is 11.8. The zero-order valence-electron chi connectivity index (χ0n) is 21.0. The third kappa shape index (κ3) is 6.69. The largest absolute Gasteiger partial charge is 0.466 e. The number of hydrogen-bond donors (Lipinski definition) is 0. The second-order valence-corrected chi connectivity index (χ2v) is 9.49. The van der Waals surface area contributed by atoms with E-state index in [1.807, 2.05) is 40.7 Å². The molecule has 7 heteroatoms. The molecule has 2 rings (SSSR count). The van der Waals surface area contributed by atoms with Crippen LogP contribution < -0.4 is 0 Å². The van der Waals surface area contributed by atoms with Gasteiger partial charge in [-0.05, 0) is 51.4 Å². The van der Waals surface area contributed by atoms with E-state index in [4.69, 9.17) is 18.9 Å². The fraction of sp³-hybridized carbons (Fsp3) is 0.731. The van der Waals surface area contributed by atoms with E-state index < -0.39 is 11.7 Å². The van der Waals surface area contributed by atoms with Gasteiger partial charge in [0.05, 0.1) is 25.0 Å². The molecular weight excluding hydrogens is 424 g/mol. The van der Waals surface area contributed by atoms with Crippen molar-refractivity contribution in [3.63, 3.8) is 0 Å². The molecular formula is C26H40O7. The lowest BCUT2D eigenvalue weighted by Crippen LogP contribution is -2.43. The fourth-order valence-electron chi connectivity index (χ4n) is 4.05. The number of hydrogen-bond acceptors (Lipinski definition) is 7. The maximum absolute atomic E-state index is 12.8. The van der Waals surface area contributed by atoms with Gasteiger partial charge < -0.3 is 18.9 Å². The highest BCUT2D eigenvalue weighted by Crippen LogP contribution is 2.48. The van der Waals surface area contributed by atoms with Crippen LogP contribution in [0.3, 0.4) is 0 Å². The molecule has 0 amide bonds. The molecule has 1 saturated heterocycles. The molecule has 1 aliphatic carbocycles. The minimum Gasteiger partial charge on any atom is -0.466 e. The Morgan fingerprint density at radius 2 is 1.82 bits per heavy atom. The highest BCUT2D eigenvalue weighted by Gasteiger charge is 2.64. The van der Waals surface area contributed by atoms with Crippen LogP contribution in [0.2, 0.25) is 0 Å². The number of carbonyl (C=O) groups is 3. The van der Waals surface area contributed by atoms with Gasteiger partial charge in [-0.3, -0.25) is 9.59 Å². The van der Waals surface area contributed by atoms with Gasteiger partial charge in [-0.25, -0.2) is 4.79 Å². The smallest absolute Gasteiger partial charge is 0.333 e. The Morgan fingerprint density at radius 3 is 2.39 bits per heavy atom. The monoisotopic (exact) mass is 464 g/mol. The average Bonchev–Trinajstić information content (AvgIpc) is 3.52.